The summed E-state index contributed by atoms with van der Waals surface area (Å²) < 4.78 is 19.4. The minimum absolute atomic E-state index is 0.519. The Morgan fingerprint density at radius 3 is 2.62 bits per heavy atom. The van der Waals surface area contributed by atoms with Crippen LogP contribution in [0.4, 0.5) is 0 Å². The maximum atomic E-state index is 10.3. The van der Waals surface area contributed by atoms with Gasteiger partial charge in [0.25, 0.3) is 0 Å². The fourth-order valence-corrected chi connectivity index (χ4v) is 0.733. The molecule has 0 aromatic rings. The quantitative estimate of drug-likeness (QED) is 0.551. The molecule has 3 nitrogen and oxygen atoms in total. The second-order valence-corrected chi connectivity index (χ2v) is 2.50. The van der Waals surface area contributed by atoms with E-state index < -0.39 is 8.25 Å². The van der Waals surface area contributed by atoms with Crippen LogP contribution in [-0.4, -0.2) is 13.7 Å². The Hall–Kier alpha value is 0.150. The predicted molar refractivity (Wildman–Crippen MR) is 32.3 cm³/mol. The summed E-state index contributed by atoms with van der Waals surface area (Å²) in [5.74, 6) is 0. The first-order chi connectivity index (χ1) is 3.81. The number of hydrogen-bond acceptors (Lipinski definition) is 3. The van der Waals surface area contributed by atoms with Gasteiger partial charge in [0.05, 0.1) is 6.61 Å². The molecule has 0 saturated carbocycles. The molecule has 0 fully saturated rings. The molecule has 0 aliphatic carbocycles. The van der Waals surface area contributed by atoms with Crippen LogP contribution in [0.1, 0.15) is 13.3 Å². The van der Waals surface area contributed by atoms with Crippen LogP contribution < -0.4 is 0 Å². The molecule has 0 spiro atoms. The van der Waals surface area contributed by atoms with Gasteiger partial charge in [0.1, 0.15) is 0 Å². The van der Waals surface area contributed by atoms with E-state index in [0.29, 0.717) is 6.61 Å². The molecule has 4 heteroatoms. The standard InChI is InChI=1S/C4H11O3P/c1-3-4-7-8(5)6-2/h8H,3-4H2,1-2H3. The van der Waals surface area contributed by atoms with Crippen molar-refractivity contribution in [3.8, 4) is 0 Å². The van der Waals surface area contributed by atoms with E-state index in [1.807, 2.05) is 6.92 Å². The lowest BCUT2D eigenvalue weighted by atomic mass is 10.5. The summed E-state index contributed by atoms with van der Waals surface area (Å²) >= 11 is 0. The van der Waals surface area contributed by atoms with Crippen LogP contribution in [0.25, 0.3) is 0 Å². The van der Waals surface area contributed by atoms with E-state index in [4.69, 9.17) is 0 Å². The van der Waals surface area contributed by atoms with Gasteiger partial charge in [0.15, 0.2) is 0 Å². The van der Waals surface area contributed by atoms with Gasteiger partial charge in [-0.05, 0) is 6.42 Å². The third kappa shape index (κ3) is 4.31. The van der Waals surface area contributed by atoms with Crippen LogP contribution in [0, 0.1) is 0 Å². The second kappa shape index (κ2) is 5.29. The van der Waals surface area contributed by atoms with Gasteiger partial charge in [-0.15, -0.1) is 0 Å². The molecule has 1 atom stereocenters. The van der Waals surface area contributed by atoms with Crippen molar-refractivity contribution in [3.05, 3.63) is 0 Å². The normalized spacial score (nSPS) is 13.8. The van der Waals surface area contributed by atoms with E-state index in [2.05, 4.69) is 9.05 Å². The maximum Gasteiger partial charge on any atom is 0.318 e. The van der Waals surface area contributed by atoms with Crippen molar-refractivity contribution in [2.24, 2.45) is 0 Å². The Balaban J connectivity index is 2.99. The Morgan fingerprint density at radius 2 is 2.25 bits per heavy atom. The van der Waals surface area contributed by atoms with Crippen LogP contribution in [0.2, 0.25) is 0 Å². The molecule has 0 radical (unpaired) electrons. The van der Waals surface area contributed by atoms with E-state index in [9.17, 15) is 4.57 Å². The van der Waals surface area contributed by atoms with E-state index in [1.165, 1.54) is 7.11 Å². The summed E-state index contributed by atoms with van der Waals surface area (Å²) in [6.45, 7) is 2.47. The summed E-state index contributed by atoms with van der Waals surface area (Å²) in [5.41, 5.74) is 0. The zero-order valence-corrected chi connectivity index (χ0v) is 6.14. The highest BCUT2D eigenvalue weighted by Crippen LogP contribution is 2.20. The molecule has 8 heavy (non-hydrogen) atoms. The third-order valence-electron chi connectivity index (χ3n) is 0.591. The Labute approximate surface area is 49.9 Å². The molecule has 0 bridgehead atoms. The van der Waals surface area contributed by atoms with Gasteiger partial charge >= 0.3 is 8.25 Å². The average Bonchev–Trinajstić information content (AvgIpc) is 1.83. The van der Waals surface area contributed by atoms with Crippen LogP contribution in [-0.2, 0) is 13.6 Å². The topological polar surface area (TPSA) is 35.5 Å². The first-order valence-electron chi connectivity index (χ1n) is 2.52. The highest BCUT2D eigenvalue weighted by molar-refractivity contribution is 7.33. The van der Waals surface area contributed by atoms with Gasteiger partial charge in [0.2, 0.25) is 0 Å². The fraction of sp³-hybridized carbons (Fsp3) is 1.00. The van der Waals surface area contributed by atoms with Gasteiger partial charge in [0, 0.05) is 7.11 Å². The highest BCUT2D eigenvalue weighted by Gasteiger charge is 1.90. The highest BCUT2D eigenvalue weighted by atomic mass is 31.1. The zero-order chi connectivity index (χ0) is 6.41. The van der Waals surface area contributed by atoms with Crippen LogP contribution >= 0.6 is 8.25 Å². The van der Waals surface area contributed by atoms with Crippen molar-refractivity contribution < 1.29 is 13.6 Å². The average molecular weight is 138 g/mol. The molecule has 1 unspecified atom stereocenters. The molecule has 0 aliphatic rings. The SMILES string of the molecule is CCCO[PH](=O)OC. The Kier molecular flexibility index (Phi) is 5.39. The first kappa shape index (κ1) is 8.15. The monoisotopic (exact) mass is 138 g/mol. The maximum absolute atomic E-state index is 10.3. The molecule has 0 saturated heterocycles. The van der Waals surface area contributed by atoms with Gasteiger partial charge in [-0.1, -0.05) is 6.92 Å². The van der Waals surface area contributed by atoms with Crippen molar-refractivity contribution in [1.82, 2.24) is 0 Å². The molecule has 0 aliphatic heterocycles. The molecular formula is C4H11O3P. The zero-order valence-electron chi connectivity index (χ0n) is 5.14. The van der Waals surface area contributed by atoms with Crippen molar-refractivity contribution in [2.75, 3.05) is 13.7 Å². The second-order valence-electron chi connectivity index (χ2n) is 1.30. The smallest absolute Gasteiger partial charge is 0.314 e. The molecule has 0 heterocycles. The molecule has 0 N–H and O–H groups in total. The van der Waals surface area contributed by atoms with Gasteiger partial charge in [-0.3, -0.25) is 4.57 Å². The molecule has 0 aromatic heterocycles. The Morgan fingerprint density at radius 1 is 1.62 bits per heavy atom. The Bertz CT molecular complexity index is 73.7. The van der Waals surface area contributed by atoms with Gasteiger partial charge in [-0.25, -0.2) is 0 Å². The lowest BCUT2D eigenvalue weighted by Crippen LogP contribution is -1.82. The lowest BCUT2D eigenvalue weighted by Gasteiger charge is -1.96. The van der Waals surface area contributed by atoms with Gasteiger partial charge in [-0.2, -0.15) is 0 Å². The summed E-state index contributed by atoms with van der Waals surface area (Å²) in [4.78, 5) is 0. The predicted octanol–water partition coefficient (Wildman–Crippen LogP) is 1.45. The van der Waals surface area contributed by atoms with Crippen LogP contribution in [0.5, 0.6) is 0 Å². The molecule has 0 aromatic carbocycles. The van der Waals surface area contributed by atoms with Gasteiger partial charge < -0.3 is 9.05 Å². The molecular weight excluding hydrogens is 127 g/mol. The minimum atomic E-state index is -2.14. The first-order valence-corrected chi connectivity index (χ1v) is 3.74. The molecule has 0 rings (SSSR count). The summed E-state index contributed by atoms with van der Waals surface area (Å²) in [5, 5.41) is 0. The van der Waals surface area contributed by atoms with Crippen LogP contribution in [0.3, 0.4) is 0 Å². The summed E-state index contributed by atoms with van der Waals surface area (Å²) in [6.07, 6.45) is 0.875. The fourth-order valence-electron chi connectivity index (χ4n) is 0.244. The molecule has 50 valence electrons. The third-order valence-corrected chi connectivity index (χ3v) is 1.36. The van der Waals surface area contributed by atoms with Crippen molar-refractivity contribution in [2.45, 2.75) is 13.3 Å². The van der Waals surface area contributed by atoms with Crippen molar-refractivity contribution >= 4 is 8.25 Å². The van der Waals surface area contributed by atoms with Crippen molar-refractivity contribution in [3.63, 3.8) is 0 Å². The van der Waals surface area contributed by atoms with E-state index in [1.54, 1.807) is 0 Å². The number of rotatable bonds is 4. The van der Waals surface area contributed by atoms with E-state index in [0.717, 1.165) is 6.42 Å². The minimum Gasteiger partial charge on any atom is -0.314 e. The largest absolute Gasteiger partial charge is 0.318 e. The summed E-state index contributed by atoms with van der Waals surface area (Å²) in [7, 11) is -0.770. The molecule has 0 amide bonds. The van der Waals surface area contributed by atoms with E-state index in [-0.39, 0.29) is 0 Å². The summed E-state index contributed by atoms with van der Waals surface area (Å²) in [6, 6.07) is 0. The van der Waals surface area contributed by atoms with E-state index >= 15 is 0 Å². The van der Waals surface area contributed by atoms with Crippen molar-refractivity contribution in [1.29, 1.82) is 0 Å². The lowest BCUT2D eigenvalue weighted by molar-refractivity contribution is 0.256. The van der Waals surface area contributed by atoms with Crippen LogP contribution in [0.15, 0.2) is 0 Å². The number of hydrogen-bond donors (Lipinski definition) is 0.